The molecule has 2 aromatic rings. The molecule has 0 bridgehead atoms. The van der Waals surface area contributed by atoms with Gasteiger partial charge in [-0.15, -0.1) is 0 Å². The van der Waals surface area contributed by atoms with E-state index in [1.54, 1.807) is 0 Å². The van der Waals surface area contributed by atoms with Gasteiger partial charge in [0.25, 0.3) is 0 Å². The summed E-state index contributed by atoms with van der Waals surface area (Å²) >= 11 is 11.3. The summed E-state index contributed by atoms with van der Waals surface area (Å²) in [6, 6.07) is 1.54. The Kier molecular flexibility index (Phi) is 3.58. The first-order valence-electron chi connectivity index (χ1n) is 4.57. The Hall–Kier alpha value is -1.53. The summed E-state index contributed by atoms with van der Waals surface area (Å²) in [7, 11) is 0. The fourth-order valence-electron chi connectivity index (χ4n) is 1.20. The molecule has 0 radical (unpaired) electrons. The monoisotopic (exact) mass is 293 g/mol. The fraction of sp³-hybridized carbons (Fsp3) is 0. The third kappa shape index (κ3) is 2.65. The van der Waals surface area contributed by atoms with Gasteiger partial charge >= 0.3 is 0 Å². The minimum Gasteiger partial charge on any atom is -0.339 e. The lowest BCUT2D eigenvalue weighted by Gasteiger charge is -2.08. The van der Waals surface area contributed by atoms with Crippen molar-refractivity contribution in [2.45, 2.75) is 0 Å². The van der Waals surface area contributed by atoms with Crippen molar-refractivity contribution < 1.29 is 13.2 Å². The molecule has 18 heavy (non-hydrogen) atoms. The summed E-state index contributed by atoms with van der Waals surface area (Å²) < 4.78 is 38.7. The van der Waals surface area contributed by atoms with E-state index in [1.807, 2.05) is 0 Å². The maximum absolute atomic E-state index is 13.0. The Bertz CT molecular complexity index is 584. The standard InChI is InChI=1S/C10H4Cl2F3N3/c11-5-3-16-10(12)18-9(5)17-4-1-6(13)8(15)7(14)2-4/h1-3H,(H,16,17,18). The van der Waals surface area contributed by atoms with Crippen LogP contribution in [0.25, 0.3) is 0 Å². The number of hydrogen-bond acceptors (Lipinski definition) is 3. The molecule has 8 heteroatoms. The smallest absolute Gasteiger partial charge is 0.224 e. The van der Waals surface area contributed by atoms with Crippen LogP contribution in [0.3, 0.4) is 0 Å². The van der Waals surface area contributed by atoms with Gasteiger partial charge in [-0.1, -0.05) is 11.6 Å². The molecule has 1 heterocycles. The van der Waals surface area contributed by atoms with Crippen LogP contribution < -0.4 is 5.32 Å². The third-order valence-electron chi connectivity index (χ3n) is 1.96. The summed E-state index contributed by atoms with van der Waals surface area (Å²) in [6.45, 7) is 0. The normalized spacial score (nSPS) is 10.5. The maximum Gasteiger partial charge on any atom is 0.224 e. The van der Waals surface area contributed by atoms with E-state index in [9.17, 15) is 13.2 Å². The van der Waals surface area contributed by atoms with Gasteiger partial charge in [0, 0.05) is 17.8 Å². The van der Waals surface area contributed by atoms with Gasteiger partial charge in [-0.05, 0) is 11.6 Å². The van der Waals surface area contributed by atoms with Crippen LogP contribution in [0, 0.1) is 17.5 Å². The SMILES string of the molecule is Fc1cc(Nc2nc(Cl)ncc2Cl)cc(F)c1F. The first-order valence-corrected chi connectivity index (χ1v) is 5.32. The zero-order valence-electron chi connectivity index (χ0n) is 8.52. The molecule has 0 saturated heterocycles. The topological polar surface area (TPSA) is 37.8 Å². The molecule has 0 aliphatic heterocycles. The fourth-order valence-corrected chi connectivity index (χ4v) is 1.47. The van der Waals surface area contributed by atoms with E-state index in [1.165, 1.54) is 6.20 Å². The second-order valence-electron chi connectivity index (χ2n) is 3.21. The minimum absolute atomic E-state index is 0.0527. The van der Waals surface area contributed by atoms with Crippen LogP contribution in [0.2, 0.25) is 10.3 Å². The molecular formula is C10H4Cl2F3N3. The molecule has 0 atom stereocenters. The summed E-state index contributed by atoms with van der Waals surface area (Å²) in [5, 5.41) is 2.52. The average molecular weight is 294 g/mol. The van der Waals surface area contributed by atoms with Crippen LogP contribution in [0.15, 0.2) is 18.3 Å². The average Bonchev–Trinajstić information content (AvgIpc) is 2.31. The van der Waals surface area contributed by atoms with E-state index in [0.717, 1.165) is 12.1 Å². The Morgan fingerprint density at radius 2 is 1.67 bits per heavy atom. The number of halogens is 5. The van der Waals surface area contributed by atoms with Gasteiger partial charge in [0.15, 0.2) is 23.3 Å². The van der Waals surface area contributed by atoms with Gasteiger partial charge in [0.1, 0.15) is 5.02 Å². The molecular weight excluding hydrogens is 290 g/mol. The van der Waals surface area contributed by atoms with Crippen molar-refractivity contribution in [3.8, 4) is 0 Å². The summed E-state index contributed by atoms with van der Waals surface area (Å²) in [5.74, 6) is -4.14. The van der Waals surface area contributed by atoms with Gasteiger partial charge in [0.05, 0.1) is 6.20 Å². The van der Waals surface area contributed by atoms with E-state index < -0.39 is 17.5 Å². The Balaban J connectivity index is 2.37. The first kappa shape index (κ1) is 12.9. The van der Waals surface area contributed by atoms with E-state index in [-0.39, 0.29) is 21.8 Å². The minimum atomic E-state index is -1.55. The molecule has 0 aliphatic rings. The van der Waals surface area contributed by atoms with Crippen molar-refractivity contribution in [1.82, 2.24) is 9.97 Å². The molecule has 1 N–H and O–H groups in total. The lowest BCUT2D eigenvalue weighted by atomic mass is 10.3. The van der Waals surface area contributed by atoms with Crippen molar-refractivity contribution >= 4 is 34.7 Å². The first-order chi connectivity index (χ1) is 8.47. The molecule has 0 saturated carbocycles. The number of aromatic nitrogens is 2. The van der Waals surface area contributed by atoms with Crippen LogP contribution in [0.5, 0.6) is 0 Å². The van der Waals surface area contributed by atoms with E-state index in [4.69, 9.17) is 23.2 Å². The van der Waals surface area contributed by atoms with Crippen molar-refractivity contribution in [2.24, 2.45) is 0 Å². The zero-order chi connectivity index (χ0) is 13.3. The predicted molar refractivity (Wildman–Crippen MR) is 61.7 cm³/mol. The Labute approximate surface area is 110 Å². The summed E-state index contributed by atoms with van der Waals surface area (Å²) in [6.07, 6.45) is 1.22. The quantitative estimate of drug-likeness (QED) is 0.673. The van der Waals surface area contributed by atoms with Gasteiger partial charge in [-0.3, -0.25) is 0 Å². The van der Waals surface area contributed by atoms with E-state index >= 15 is 0 Å². The number of hydrogen-bond donors (Lipinski definition) is 1. The number of benzene rings is 1. The lowest BCUT2D eigenvalue weighted by Crippen LogP contribution is -1.99. The highest BCUT2D eigenvalue weighted by atomic mass is 35.5. The van der Waals surface area contributed by atoms with Crippen LogP contribution in [0.1, 0.15) is 0 Å². The van der Waals surface area contributed by atoms with Crippen molar-refractivity contribution in [1.29, 1.82) is 0 Å². The van der Waals surface area contributed by atoms with E-state index in [0.29, 0.717) is 0 Å². The lowest BCUT2D eigenvalue weighted by molar-refractivity contribution is 0.448. The zero-order valence-corrected chi connectivity index (χ0v) is 10.0. The van der Waals surface area contributed by atoms with Crippen LogP contribution in [0.4, 0.5) is 24.7 Å². The largest absolute Gasteiger partial charge is 0.339 e. The van der Waals surface area contributed by atoms with Gasteiger partial charge in [0.2, 0.25) is 5.28 Å². The molecule has 0 amide bonds. The van der Waals surface area contributed by atoms with Crippen molar-refractivity contribution in [3.05, 3.63) is 46.1 Å². The third-order valence-corrected chi connectivity index (χ3v) is 2.42. The van der Waals surface area contributed by atoms with Crippen LogP contribution in [-0.4, -0.2) is 9.97 Å². The second-order valence-corrected chi connectivity index (χ2v) is 3.96. The highest BCUT2D eigenvalue weighted by Crippen LogP contribution is 2.25. The molecule has 0 unspecified atom stereocenters. The number of anilines is 2. The molecule has 1 aromatic heterocycles. The maximum atomic E-state index is 13.0. The van der Waals surface area contributed by atoms with Crippen molar-refractivity contribution in [2.75, 3.05) is 5.32 Å². The Morgan fingerprint density at radius 3 is 2.28 bits per heavy atom. The number of nitrogens with zero attached hydrogens (tertiary/aromatic N) is 2. The van der Waals surface area contributed by atoms with Crippen LogP contribution in [-0.2, 0) is 0 Å². The molecule has 1 aromatic carbocycles. The summed E-state index contributed by atoms with van der Waals surface area (Å²) in [4.78, 5) is 7.33. The summed E-state index contributed by atoms with van der Waals surface area (Å²) in [5.41, 5.74) is -0.0527. The predicted octanol–water partition coefficient (Wildman–Crippen LogP) is 3.94. The highest BCUT2D eigenvalue weighted by molar-refractivity contribution is 6.33. The molecule has 94 valence electrons. The number of rotatable bonds is 2. The van der Waals surface area contributed by atoms with E-state index in [2.05, 4.69) is 15.3 Å². The molecule has 0 aliphatic carbocycles. The van der Waals surface area contributed by atoms with Gasteiger partial charge in [-0.25, -0.2) is 18.2 Å². The second kappa shape index (κ2) is 4.99. The Morgan fingerprint density at radius 1 is 1.06 bits per heavy atom. The van der Waals surface area contributed by atoms with Gasteiger partial charge in [-0.2, -0.15) is 4.98 Å². The van der Waals surface area contributed by atoms with Crippen molar-refractivity contribution in [3.63, 3.8) is 0 Å². The highest BCUT2D eigenvalue weighted by Gasteiger charge is 2.12. The molecule has 2 rings (SSSR count). The van der Waals surface area contributed by atoms with Gasteiger partial charge < -0.3 is 5.32 Å². The van der Waals surface area contributed by atoms with Crippen LogP contribution >= 0.6 is 23.2 Å². The molecule has 3 nitrogen and oxygen atoms in total. The number of nitrogens with one attached hydrogen (secondary N) is 1. The molecule has 0 spiro atoms. The molecule has 0 fully saturated rings.